The molecule has 6 nitrogen and oxygen atoms in total. The minimum Gasteiger partial charge on any atom is -0.480 e. The number of nitrogens with zero attached hydrogens (tertiary/aromatic N) is 1. The summed E-state index contributed by atoms with van der Waals surface area (Å²) in [4.78, 5) is 34.1. The van der Waals surface area contributed by atoms with E-state index >= 15 is 0 Å². The number of carboxylic acid groups (broad SMARTS) is 2. The van der Waals surface area contributed by atoms with Crippen molar-refractivity contribution in [2.24, 2.45) is 0 Å². The number of benzene rings is 1. The van der Waals surface area contributed by atoms with Crippen LogP contribution >= 0.6 is 11.6 Å². The highest BCUT2D eigenvalue weighted by molar-refractivity contribution is 6.34. The van der Waals surface area contributed by atoms with Crippen LogP contribution in [0.3, 0.4) is 0 Å². The van der Waals surface area contributed by atoms with E-state index in [1.54, 1.807) is 19.1 Å². The molecule has 102 valence electrons. The van der Waals surface area contributed by atoms with E-state index < -0.39 is 30.9 Å². The third-order valence-electron chi connectivity index (χ3n) is 2.29. The summed E-state index contributed by atoms with van der Waals surface area (Å²) in [6, 6.07) is 4.63. The van der Waals surface area contributed by atoms with Gasteiger partial charge < -0.3 is 15.1 Å². The van der Waals surface area contributed by atoms with Crippen molar-refractivity contribution in [3.05, 3.63) is 34.3 Å². The lowest BCUT2D eigenvalue weighted by atomic mass is 10.1. The number of carbonyl (C=O) groups is 3. The first-order chi connectivity index (χ1) is 8.81. The smallest absolute Gasteiger partial charge is 0.323 e. The zero-order valence-corrected chi connectivity index (χ0v) is 10.8. The van der Waals surface area contributed by atoms with Gasteiger partial charge in [-0.1, -0.05) is 17.7 Å². The highest BCUT2D eigenvalue weighted by Crippen LogP contribution is 2.19. The highest BCUT2D eigenvalue weighted by atomic mass is 35.5. The predicted octanol–water partition coefficient (Wildman–Crippen LogP) is 1.26. The molecule has 0 heterocycles. The van der Waals surface area contributed by atoms with E-state index in [1.165, 1.54) is 6.07 Å². The lowest BCUT2D eigenvalue weighted by molar-refractivity contribution is -0.140. The monoisotopic (exact) mass is 285 g/mol. The molecule has 1 amide bonds. The molecule has 0 aliphatic heterocycles. The maximum atomic E-state index is 12.1. The predicted molar refractivity (Wildman–Crippen MR) is 67.4 cm³/mol. The highest BCUT2D eigenvalue weighted by Gasteiger charge is 2.22. The van der Waals surface area contributed by atoms with Crippen LogP contribution in [0.2, 0.25) is 5.02 Å². The van der Waals surface area contributed by atoms with Crippen molar-refractivity contribution in [2.45, 2.75) is 6.92 Å². The molecule has 1 aromatic carbocycles. The minimum atomic E-state index is -1.29. The first-order valence-corrected chi connectivity index (χ1v) is 5.68. The molecule has 0 bridgehead atoms. The summed E-state index contributed by atoms with van der Waals surface area (Å²) in [6.07, 6.45) is 0. The SMILES string of the molecule is Cc1ccc(C(=O)N(CC(=O)O)CC(=O)O)c(Cl)c1. The van der Waals surface area contributed by atoms with Gasteiger partial charge in [0.25, 0.3) is 5.91 Å². The Kier molecular flexibility index (Phi) is 4.88. The average Bonchev–Trinajstić information content (AvgIpc) is 2.26. The van der Waals surface area contributed by atoms with Crippen LogP contribution in [0.25, 0.3) is 0 Å². The van der Waals surface area contributed by atoms with Crippen LogP contribution in [0.4, 0.5) is 0 Å². The molecule has 1 rings (SSSR count). The van der Waals surface area contributed by atoms with E-state index in [2.05, 4.69) is 0 Å². The maximum Gasteiger partial charge on any atom is 0.323 e. The van der Waals surface area contributed by atoms with Gasteiger partial charge in [0.05, 0.1) is 10.6 Å². The second-order valence-corrected chi connectivity index (χ2v) is 4.34. The Hall–Kier alpha value is -2.08. The van der Waals surface area contributed by atoms with Gasteiger partial charge in [0.2, 0.25) is 0 Å². The fourth-order valence-corrected chi connectivity index (χ4v) is 1.81. The van der Waals surface area contributed by atoms with E-state index in [0.29, 0.717) is 4.90 Å². The number of aryl methyl sites for hydroxylation is 1. The largest absolute Gasteiger partial charge is 0.480 e. The first-order valence-electron chi connectivity index (χ1n) is 5.30. The van der Waals surface area contributed by atoms with E-state index in [4.69, 9.17) is 21.8 Å². The van der Waals surface area contributed by atoms with Crippen molar-refractivity contribution in [1.29, 1.82) is 0 Å². The summed E-state index contributed by atoms with van der Waals surface area (Å²) in [6.45, 7) is 0.386. The number of hydrogen-bond acceptors (Lipinski definition) is 3. The van der Waals surface area contributed by atoms with Crippen LogP contribution in [0.1, 0.15) is 15.9 Å². The van der Waals surface area contributed by atoms with Crippen LogP contribution in [0.5, 0.6) is 0 Å². The van der Waals surface area contributed by atoms with Crippen LogP contribution in [0, 0.1) is 6.92 Å². The molecule has 0 saturated carbocycles. The summed E-state index contributed by atoms with van der Waals surface area (Å²) >= 11 is 5.90. The number of aliphatic carboxylic acids is 2. The van der Waals surface area contributed by atoms with Crippen molar-refractivity contribution in [1.82, 2.24) is 4.90 Å². The number of hydrogen-bond donors (Lipinski definition) is 2. The molecule has 19 heavy (non-hydrogen) atoms. The molecule has 0 spiro atoms. The Morgan fingerprint density at radius 1 is 1.16 bits per heavy atom. The Balaban J connectivity index is 3.04. The van der Waals surface area contributed by atoms with E-state index in [1.807, 2.05) is 0 Å². The second kappa shape index (κ2) is 6.19. The quantitative estimate of drug-likeness (QED) is 0.849. The lowest BCUT2D eigenvalue weighted by Gasteiger charge is -2.19. The molecule has 0 saturated heterocycles. The zero-order chi connectivity index (χ0) is 14.6. The molecule has 0 fully saturated rings. The van der Waals surface area contributed by atoms with Crippen molar-refractivity contribution in [3.63, 3.8) is 0 Å². The van der Waals surface area contributed by atoms with Crippen LogP contribution in [-0.2, 0) is 9.59 Å². The van der Waals surface area contributed by atoms with Crippen LogP contribution < -0.4 is 0 Å². The van der Waals surface area contributed by atoms with Gasteiger partial charge in [0, 0.05) is 0 Å². The van der Waals surface area contributed by atoms with E-state index in [9.17, 15) is 14.4 Å². The molecular formula is C12H12ClNO5. The number of carbonyl (C=O) groups excluding carboxylic acids is 1. The van der Waals surface area contributed by atoms with Gasteiger partial charge in [0.1, 0.15) is 13.1 Å². The molecule has 0 aliphatic carbocycles. The van der Waals surface area contributed by atoms with Gasteiger partial charge in [-0.05, 0) is 24.6 Å². The van der Waals surface area contributed by atoms with Crippen molar-refractivity contribution < 1.29 is 24.6 Å². The number of rotatable bonds is 5. The van der Waals surface area contributed by atoms with Gasteiger partial charge in [-0.3, -0.25) is 14.4 Å². The standard InChI is InChI=1S/C12H12ClNO5/c1-7-2-3-8(9(13)4-7)12(19)14(5-10(15)16)6-11(17)18/h2-4H,5-6H2,1H3,(H,15,16)(H,17,18). The summed E-state index contributed by atoms with van der Waals surface area (Å²) in [5.41, 5.74) is 0.916. The fourth-order valence-electron chi connectivity index (χ4n) is 1.49. The second-order valence-electron chi connectivity index (χ2n) is 3.93. The van der Waals surface area contributed by atoms with Crippen LogP contribution in [-0.4, -0.2) is 46.0 Å². The third-order valence-corrected chi connectivity index (χ3v) is 2.61. The summed E-state index contributed by atoms with van der Waals surface area (Å²) in [5.74, 6) is -3.31. The molecule has 0 unspecified atom stereocenters. The minimum absolute atomic E-state index is 0.0785. The van der Waals surface area contributed by atoms with Gasteiger partial charge in [-0.15, -0.1) is 0 Å². The topological polar surface area (TPSA) is 94.9 Å². The van der Waals surface area contributed by atoms with Gasteiger partial charge in [0.15, 0.2) is 0 Å². The Morgan fingerprint density at radius 2 is 1.68 bits per heavy atom. The van der Waals surface area contributed by atoms with Crippen molar-refractivity contribution >= 4 is 29.4 Å². The van der Waals surface area contributed by atoms with Crippen molar-refractivity contribution in [2.75, 3.05) is 13.1 Å². The van der Waals surface area contributed by atoms with Crippen molar-refractivity contribution in [3.8, 4) is 0 Å². The Bertz CT molecular complexity index is 513. The Morgan fingerprint density at radius 3 is 2.11 bits per heavy atom. The number of carboxylic acids is 2. The molecule has 0 radical (unpaired) electrons. The van der Waals surface area contributed by atoms with Gasteiger partial charge in [-0.25, -0.2) is 0 Å². The van der Waals surface area contributed by atoms with Crippen LogP contribution in [0.15, 0.2) is 18.2 Å². The normalized spacial score (nSPS) is 10.0. The third kappa shape index (κ3) is 4.26. The molecule has 2 N–H and O–H groups in total. The first kappa shape index (κ1) is 15.0. The maximum absolute atomic E-state index is 12.1. The molecule has 7 heteroatoms. The summed E-state index contributed by atoms with van der Waals surface area (Å²) in [5, 5.41) is 17.5. The molecule has 1 aromatic rings. The zero-order valence-electron chi connectivity index (χ0n) is 10.1. The van der Waals surface area contributed by atoms with Gasteiger partial charge >= 0.3 is 11.9 Å². The Labute approximate surface area is 114 Å². The summed E-state index contributed by atoms with van der Waals surface area (Å²) in [7, 11) is 0. The van der Waals surface area contributed by atoms with Gasteiger partial charge in [-0.2, -0.15) is 0 Å². The molecule has 0 atom stereocenters. The number of amides is 1. The fraction of sp³-hybridized carbons (Fsp3) is 0.250. The van der Waals surface area contributed by atoms with E-state index in [-0.39, 0.29) is 10.6 Å². The lowest BCUT2D eigenvalue weighted by Crippen LogP contribution is -2.39. The molecule has 0 aliphatic rings. The molecular weight excluding hydrogens is 274 g/mol. The van der Waals surface area contributed by atoms with E-state index in [0.717, 1.165) is 5.56 Å². The average molecular weight is 286 g/mol. The molecule has 0 aromatic heterocycles. The number of halogens is 1. The summed E-state index contributed by atoms with van der Waals surface area (Å²) < 4.78 is 0.